The van der Waals surface area contributed by atoms with Crippen LogP contribution in [0.1, 0.15) is 17.9 Å². The predicted molar refractivity (Wildman–Crippen MR) is 69.6 cm³/mol. The molecule has 1 aromatic carbocycles. The summed E-state index contributed by atoms with van der Waals surface area (Å²) in [6.07, 6.45) is 1.73. The van der Waals surface area contributed by atoms with Gasteiger partial charge in [-0.25, -0.2) is 0 Å². The molecule has 2 nitrogen and oxygen atoms in total. The van der Waals surface area contributed by atoms with Crippen molar-refractivity contribution in [1.82, 2.24) is 0 Å². The van der Waals surface area contributed by atoms with Crippen LogP contribution in [0.5, 0.6) is 5.75 Å². The van der Waals surface area contributed by atoms with Crippen LogP contribution in [-0.2, 0) is 0 Å². The van der Waals surface area contributed by atoms with E-state index in [0.717, 1.165) is 16.7 Å². The van der Waals surface area contributed by atoms with Crippen LogP contribution in [0.25, 0.3) is 11.0 Å². The van der Waals surface area contributed by atoms with Gasteiger partial charge in [-0.2, -0.15) is 0 Å². The number of furan rings is 1. The zero-order valence-corrected chi connectivity index (χ0v) is 10.2. The lowest BCUT2D eigenvalue weighted by molar-refractivity contribution is 0.231. The highest BCUT2D eigenvalue weighted by Crippen LogP contribution is 2.31. The van der Waals surface area contributed by atoms with Gasteiger partial charge in [0.05, 0.1) is 6.26 Å². The van der Waals surface area contributed by atoms with Crippen LogP contribution in [-0.4, -0.2) is 0 Å². The van der Waals surface area contributed by atoms with Crippen molar-refractivity contribution in [2.75, 3.05) is 0 Å². The molecule has 1 atom stereocenters. The Hall–Kier alpha value is -1.74. The Kier molecular flexibility index (Phi) is 2.61. The summed E-state index contributed by atoms with van der Waals surface area (Å²) >= 11 is 1.70. The summed E-state index contributed by atoms with van der Waals surface area (Å²) in [6, 6.07) is 12.0. The topological polar surface area (TPSA) is 22.4 Å². The van der Waals surface area contributed by atoms with Crippen LogP contribution in [0.4, 0.5) is 0 Å². The maximum absolute atomic E-state index is 5.95. The highest BCUT2D eigenvalue weighted by molar-refractivity contribution is 7.10. The van der Waals surface area contributed by atoms with Crippen LogP contribution in [0.3, 0.4) is 0 Å². The zero-order chi connectivity index (χ0) is 11.7. The Bertz CT molecular complexity index is 610. The molecular formula is C14H12O2S. The molecule has 0 N–H and O–H groups in total. The summed E-state index contributed by atoms with van der Waals surface area (Å²) in [5.74, 6) is 0.799. The standard InChI is InChI=1S/C14H12O2S/c1-10(13-6-3-9-17-13)16-12-5-2-4-11-7-8-15-14(11)12/h2-10H,1H3. The maximum atomic E-state index is 5.95. The van der Waals surface area contributed by atoms with E-state index in [4.69, 9.17) is 9.15 Å². The Morgan fingerprint density at radius 1 is 1.18 bits per heavy atom. The first-order valence-electron chi connectivity index (χ1n) is 5.51. The summed E-state index contributed by atoms with van der Waals surface area (Å²) in [5.41, 5.74) is 0.816. The number of hydrogen-bond acceptors (Lipinski definition) is 3. The zero-order valence-electron chi connectivity index (χ0n) is 9.42. The number of ether oxygens (including phenoxy) is 1. The van der Waals surface area contributed by atoms with Crippen molar-refractivity contribution in [2.45, 2.75) is 13.0 Å². The minimum atomic E-state index is 0.0469. The summed E-state index contributed by atoms with van der Waals surface area (Å²) in [5, 5.41) is 3.13. The molecule has 86 valence electrons. The number of benzene rings is 1. The van der Waals surface area contributed by atoms with Crippen molar-refractivity contribution >= 4 is 22.3 Å². The van der Waals surface area contributed by atoms with Gasteiger partial charge in [-0.15, -0.1) is 11.3 Å². The molecule has 2 aromatic heterocycles. The molecule has 0 aliphatic carbocycles. The van der Waals surface area contributed by atoms with E-state index >= 15 is 0 Å². The van der Waals surface area contributed by atoms with E-state index in [2.05, 4.69) is 11.4 Å². The second kappa shape index (κ2) is 4.26. The van der Waals surface area contributed by atoms with Gasteiger partial charge < -0.3 is 9.15 Å². The van der Waals surface area contributed by atoms with Crippen LogP contribution >= 0.6 is 11.3 Å². The fraction of sp³-hybridized carbons (Fsp3) is 0.143. The molecule has 0 aliphatic heterocycles. The van der Waals surface area contributed by atoms with E-state index in [0.29, 0.717) is 0 Å². The normalized spacial score (nSPS) is 12.8. The molecule has 3 heteroatoms. The molecule has 1 unspecified atom stereocenters. The van der Waals surface area contributed by atoms with Crippen LogP contribution < -0.4 is 4.74 Å². The molecule has 2 heterocycles. The van der Waals surface area contributed by atoms with Gasteiger partial charge in [0.25, 0.3) is 0 Å². The van der Waals surface area contributed by atoms with Gasteiger partial charge in [-0.05, 0) is 30.5 Å². The fourth-order valence-electron chi connectivity index (χ4n) is 1.83. The minimum absolute atomic E-state index is 0.0469. The molecule has 0 aliphatic rings. The first-order valence-corrected chi connectivity index (χ1v) is 6.39. The molecule has 17 heavy (non-hydrogen) atoms. The average molecular weight is 244 g/mol. The Morgan fingerprint density at radius 3 is 2.94 bits per heavy atom. The molecule has 0 amide bonds. The monoisotopic (exact) mass is 244 g/mol. The SMILES string of the molecule is CC(Oc1cccc2ccoc12)c1cccs1. The number of para-hydroxylation sites is 1. The summed E-state index contributed by atoms with van der Waals surface area (Å²) in [4.78, 5) is 1.22. The van der Waals surface area contributed by atoms with Gasteiger partial charge in [-0.1, -0.05) is 18.2 Å². The third kappa shape index (κ3) is 1.94. The van der Waals surface area contributed by atoms with Gasteiger partial charge in [0.15, 0.2) is 11.3 Å². The highest BCUT2D eigenvalue weighted by Gasteiger charge is 2.11. The summed E-state index contributed by atoms with van der Waals surface area (Å²) in [7, 11) is 0. The lowest BCUT2D eigenvalue weighted by Gasteiger charge is -2.13. The molecule has 0 fully saturated rings. The minimum Gasteiger partial charge on any atom is -0.481 e. The van der Waals surface area contributed by atoms with Crippen molar-refractivity contribution in [3.05, 3.63) is 52.9 Å². The Labute approximate surface area is 103 Å². The van der Waals surface area contributed by atoms with Gasteiger partial charge >= 0.3 is 0 Å². The van der Waals surface area contributed by atoms with Gasteiger partial charge in [0, 0.05) is 10.3 Å². The van der Waals surface area contributed by atoms with E-state index in [9.17, 15) is 0 Å². The van der Waals surface area contributed by atoms with Crippen molar-refractivity contribution in [2.24, 2.45) is 0 Å². The van der Waals surface area contributed by atoms with E-state index in [1.807, 2.05) is 37.3 Å². The third-order valence-corrected chi connectivity index (χ3v) is 3.72. The van der Waals surface area contributed by atoms with Crippen LogP contribution in [0.2, 0.25) is 0 Å². The van der Waals surface area contributed by atoms with Crippen molar-refractivity contribution < 1.29 is 9.15 Å². The second-order valence-corrected chi connectivity index (χ2v) is 4.85. The Morgan fingerprint density at radius 2 is 2.12 bits per heavy atom. The second-order valence-electron chi connectivity index (χ2n) is 3.87. The quantitative estimate of drug-likeness (QED) is 0.670. The first-order chi connectivity index (χ1) is 8.34. The molecule has 3 aromatic rings. The van der Waals surface area contributed by atoms with Gasteiger partial charge in [0.1, 0.15) is 6.10 Å². The highest BCUT2D eigenvalue weighted by atomic mass is 32.1. The largest absolute Gasteiger partial charge is 0.481 e. The smallest absolute Gasteiger partial charge is 0.175 e. The number of hydrogen-bond donors (Lipinski definition) is 0. The number of fused-ring (bicyclic) bond motifs is 1. The average Bonchev–Trinajstić information content (AvgIpc) is 3.00. The Balaban J connectivity index is 1.92. The molecule has 0 spiro atoms. The summed E-state index contributed by atoms with van der Waals surface area (Å²) in [6.45, 7) is 2.05. The van der Waals surface area contributed by atoms with E-state index in [1.165, 1.54) is 4.88 Å². The maximum Gasteiger partial charge on any atom is 0.175 e. The van der Waals surface area contributed by atoms with E-state index in [-0.39, 0.29) is 6.10 Å². The third-order valence-electron chi connectivity index (χ3n) is 2.69. The molecular weight excluding hydrogens is 232 g/mol. The number of thiophene rings is 1. The fourth-order valence-corrected chi connectivity index (χ4v) is 2.54. The summed E-state index contributed by atoms with van der Waals surface area (Å²) < 4.78 is 11.4. The molecule has 0 saturated carbocycles. The van der Waals surface area contributed by atoms with Gasteiger partial charge in [-0.3, -0.25) is 0 Å². The lowest BCUT2D eigenvalue weighted by Crippen LogP contribution is -2.00. The van der Waals surface area contributed by atoms with E-state index < -0.39 is 0 Å². The van der Waals surface area contributed by atoms with E-state index in [1.54, 1.807) is 17.6 Å². The number of rotatable bonds is 3. The lowest BCUT2D eigenvalue weighted by atomic mass is 10.2. The van der Waals surface area contributed by atoms with Crippen molar-refractivity contribution in [1.29, 1.82) is 0 Å². The van der Waals surface area contributed by atoms with Crippen molar-refractivity contribution in [3.8, 4) is 5.75 Å². The molecule has 0 saturated heterocycles. The van der Waals surface area contributed by atoms with Gasteiger partial charge in [0.2, 0.25) is 0 Å². The molecule has 0 bridgehead atoms. The molecule has 0 radical (unpaired) electrons. The van der Waals surface area contributed by atoms with Crippen LogP contribution in [0, 0.1) is 0 Å². The van der Waals surface area contributed by atoms with Crippen molar-refractivity contribution in [3.63, 3.8) is 0 Å². The predicted octanol–water partition coefficient (Wildman–Crippen LogP) is 4.63. The first kappa shape index (κ1) is 10.4. The molecule has 3 rings (SSSR count). The van der Waals surface area contributed by atoms with Crippen LogP contribution in [0.15, 0.2) is 52.5 Å².